The van der Waals surface area contributed by atoms with Gasteiger partial charge in [-0.1, -0.05) is 11.8 Å². The predicted octanol–water partition coefficient (Wildman–Crippen LogP) is 0.546. The Morgan fingerprint density at radius 3 is 3.00 bits per heavy atom. The van der Waals surface area contributed by atoms with E-state index in [0.29, 0.717) is 0 Å². The molecule has 1 aliphatic rings. The molecule has 0 saturated carbocycles. The lowest BCUT2D eigenvalue weighted by Crippen LogP contribution is -2.44. The van der Waals surface area contributed by atoms with E-state index in [0.717, 1.165) is 24.0 Å². The van der Waals surface area contributed by atoms with Crippen LogP contribution in [0, 0.1) is 0 Å². The first-order valence-electron chi connectivity index (χ1n) is 4.84. The van der Waals surface area contributed by atoms with Gasteiger partial charge in [-0.25, -0.2) is 0 Å². The van der Waals surface area contributed by atoms with Crippen LogP contribution in [-0.2, 0) is 4.79 Å². The van der Waals surface area contributed by atoms with E-state index in [4.69, 9.17) is 0 Å². The maximum Gasteiger partial charge on any atom is 0.244 e. The lowest BCUT2D eigenvalue weighted by atomic mass is 10.3. The first-order valence-corrected chi connectivity index (χ1v) is 5.82. The van der Waals surface area contributed by atoms with Gasteiger partial charge in [0, 0.05) is 19.3 Å². The summed E-state index contributed by atoms with van der Waals surface area (Å²) in [6.07, 6.45) is 0. The van der Waals surface area contributed by atoms with Crippen molar-refractivity contribution in [1.82, 2.24) is 10.2 Å². The van der Waals surface area contributed by atoms with Crippen LogP contribution in [0.25, 0.3) is 0 Å². The fraction of sp³-hybridized carbons (Fsp3) is 0.778. The molecule has 0 fully saturated rings. The van der Waals surface area contributed by atoms with Gasteiger partial charge in [0.25, 0.3) is 0 Å². The third kappa shape index (κ3) is 2.90. The molecule has 1 heterocycles. The largest absolute Gasteiger partial charge is 0.353 e. The van der Waals surface area contributed by atoms with Crippen molar-refractivity contribution in [1.29, 1.82) is 0 Å². The molecular weight excluding hydrogens is 198 g/mol. The number of carbonyl (C=O) groups is 1. The molecule has 0 spiro atoms. The van der Waals surface area contributed by atoms with Gasteiger partial charge in [0.1, 0.15) is 6.04 Å². The SMILES string of the molecule is CCN(C)C(=O)C(C)NC1=NCCS1. The summed E-state index contributed by atoms with van der Waals surface area (Å²) in [7, 11) is 1.81. The zero-order chi connectivity index (χ0) is 10.6. The van der Waals surface area contributed by atoms with E-state index in [1.807, 2.05) is 20.9 Å². The Balaban J connectivity index is 2.40. The molecule has 0 saturated heterocycles. The van der Waals surface area contributed by atoms with Gasteiger partial charge in [-0.15, -0.1) is 0 Å². The second-order valence-electron chi connectivity index (χ2n) is 3.25. The second-order valence-corrected chi connectivity index (χ2v) is 4.34. The Hall–Kier alpha value is -0.710. The minimum Gasteiger partial charge on any atom is -0.353 e. The molecule has 1 unspecified atom stereocenters. The van der Waals surface area contributed by atoms with Crippen LogP contribution in [0.5, 0.6) is 0 Å². The van der Waals surface area contributed by atoms with Gasteiger partial charge in [0.2, 0.25) is 5.91 Å². The molecule has 80 valence electrons. The number of aliphatic imine (C=N–C) groups is 1. The maximum atomic E-state index is 11.7. The van der Waals surface area contributed by atoms with Gasteiger partial charge in [-0.3, -0.25) is 9.79 Å². The highest BCUT2D eigenvalue weighted by Crippen LogP contribution is 2.09. The van der Waals surface area contributed by atoms with Gasteiger partial charge in [0.05, 0.1) is 6.54 Å². The summed E-state index contributed by atoms with van der Waals surface area (Å²) in [5, 5.41) is 4.01. The number of nitrogens with zero attached hydrogens (tertiary/aromatic N) is 2. The Morgan fingerprint density at radius 1 is 1.79 bits per heavy atom. The summed E-state index contributed by atoms with van der Waals surface area (Å²) < 4.78 is 0. The third-order valence-electron chi connectivity index (χ3n) is 2.15. The van der Waals surface area contributed by atoms with Crippen LogP contribution in [0.2, 0.25) is 0 Å². The molecule has 1 atom stereocenters. The lowest BCUT2D eigenvalue weighted by Gasteiger charge is -2.20. The van der Waals surface area contributed by atoms with Crippen molar-refractivity contribution < 1.29 is 4.79 Å². The summed E-state index contributed by atoms with van der Waals surface area (Å²) >= 11 is 1.68. The molecule has 1 N–H and O–H groups in total. The van der Waals surface area contributed by atoms with E-state index in [1.54, 1.807) is 16.7 Å². The van der Waals surface area contributed by atoms with Crippen LogP contribution in [0.4, 0.5) is 0 Å². The number of nitrogens with one attached hydrogen (secondary N) is 1. The number of rotatable bonds is 3. The van der Waals surface area contributed by atoms with Crippen molar-refractivity contribution in [3.05, 3.63) is 0 Å². The van der Waals surface area contributed by atoms with Crippen LogP contribution < -0.4 is 5.32 Å². The normalized spacial score (nSPS) is 17.5. The summed E-state index contributed by atoms with van der Waals surface area (Å²) in [5.41, 5.74) is 0. The molecular formula is C9H17N3OS. The van der Waals surface area contributed by atoms with Gasteiger partial charge >= 0.3 is 0 Å². The Kier molecular flexibility index (Phi) is 4.25. The van der Waals surface area contributed by atoms with Crippen molar-refractivity contribution in [2.45, 2.75) is 19.9 Å². The van der Waals surface area contributed by atoms with Crippen molar-refractivity contribution in [2.24, 2.45) is 4.99 Å². The van der Waals surface area contributed by atoms with Crippen LogP contribution in [0.15, 0.2) is 4.99 Å². The van der Waals surface area contributed by atoms with E-state index >= 15 is 0 Å². The molecule has 1 amide bonds. The van der Waals surface area contributed by atoms with E-state index in [1.165, 1.54) is 0 Å². The number of hydrogen-bond donors (Lipinski definition) is 1. The summed E-state index contributed by atoms with van der Waals surface area (Å²) in [6.45, 7) is 5.43. The standard InChI is InChI=1S/C9H17N3OS/c1-4-12(3)8(13)7(2)11-9-10-5-6-14-9/h7H,4-6H2,1-3H3,(H,10,11). The maximum absolute atomic E-state index is 11.7. The highest BCUT2D eigenvalue weighted by Gasteiger charge is 2.18. The number of hydrogen-bond acceptors (Lipinski definition) is 4. The number of carbonyl (C=O) groups excluding carboxylic acids is 1. The smallest absolute Gasteiger partial charge is 0.244 e. The highest BCUT2D eigenvalue weighted by atomic mass is 32.2. The van der Waals surface area contributed by atoms with E-state index < -0.39 is 0 Å². The average Bonchev–Trinajstić information content (AvgIpc) is 2.68. The monoisotopic (exact) mass is 215 g/mol. The van der Waals surface area contributed by atoms with Crippen LogP contribution >= 0.6 is 11.8 Å². The Labute approximate surface area is 89.1 Å². The van der Waals surface area contributed by atoms with E-state index in [-0.39, 0.29) is 11.9 Å². The van der Waals surface area contributed by atoms with Crippen LogP contribution in [0.1, 0.15) is 13.8 Å². The molecule has 4 nitrogen and oxygen atoms in total. The van der Waals surface area contributed by atoms with E-state index in [2.05, 4.69) is 10.3 Å². The average molecular weight is 215 g/mol. The number of amides is 1. The molecule has 0 radical (unpaired) electrons. The number of likely N-dealkylation sites (N-methyl/N-ethyl adjacent to an activating group) is 1. The minimum absolute atomic E-state index is 0.114. The summed E-state index contributed by atoms with van der Waals surface area (Å²) in [5.74, 6) is 1.13. The quantitative estimate of drug-likeness (QED) is 0.747. The van der Waals surface area contributed by atoms with E-state index in [9.17, 15) is 4.79 Å². The number of thioether (sulfide) groups is 1. The zero-order valence-corrected chi connectivity index (χ0v) is 9.73. The second kappa shape index (κ2) is 5.24. The van der Waals surface area contributed by atoms with Gasteiger partial charge in [0.15, 0.2) is 5.17 Å². The molecule has 0 aromatic rings. The van der Waals surface area contributed by atoms with Gasteiger partial charge in [-0.2, -0.15) is 0 Å². The topological polar surface area (TPSA) is 44.7 Å². The minimum atomic E-state index is -0.177. The van der Waals surface area contributed by atoms with Crippen molar-refractivity contribution >= 4 is 22.8 Å². The lowest BCUT2D eigenvalue weighted by molar-refractivity contribution is -0.131. The van der Waals surface area contributed by atoms with Crippen molar-refractivity contribution in [3.8, 4) is 0 Å². The fourth-order valence-electron chi connectivity index (χ4n) is 1.16. The van der Waals surface area contributed by atoms with Crippen molar-refractivity contribution in [3.63, 3.8) is 0 Å². The first-order chi connectivity index (χ1) is 6.65. The zero-order valence-electron chi connectivity index (χ0n) is 8.91. The van der Waals surface area contributed by atoms with Crippen LogP contribution in [0.3, 0.4) is 0 Å². The number of amidine groups is 1. The highest BCUT2D eigenvalue weighted by molar-refractivity contribution is 8.14. The molecule has 5 heteroatoms. The Morgan fingerprint density at radius 2 is 2.50 bits per heavy atom. The Bertz CT molecular complexity index is 242. The molecule has 1 aliphatic heterocycles. The molecule has 0 aliphatic carbocycles. The summed E-state index contributed by atoms with van der Waals surface area (Å²) in [6, 6.07) is -0.177. The molecule has 0 aromatic heterocycles. The predicted molar refractivity (Wildman–Crippen MR) is 60.7 cm³/mol. The molecule has 0 bridgehead atoms. The third-order valence-corrected chi connectivity index (χ3v) is 3.05. The fourth-order valence-corrected chi connectivity index (χ4v) is 1.97. The first kappa shape index (κ1) is 11.4. The summed E-state index contributed by atoms with van der Waals surface area (Å²) in [4.78, 5) is 17.6. The van der Waals surface area contributed by atoms with Gasteiger partial charge in [-0.05, 0) is 13.8 Å². The van der Waals surface area contributed by atoms with Crippen LogP contribution in [-0.4, -0.2) is 47.9 Å². The molecule has 14 heavy (non-hydrogen) atoms. The van der Waals surface area contributed by atoms with Crippen molar-refractivity contribution in [2.75, 3.05) is 25.9 Å². The van der Waals surface area contributed by atoms with Gasteiger partial charge < -0.3 is 10.2 Å². The molecule has 1 rings (SSSR count). The molecule has 0 aromatic carbocycles.